The average molecular weight is 486 g/mol. The van der Waals surface area contributed by atoms with E-state index in [0.717, 1.165) is 22.7 Å². The van der Waals surface area contributed by atoms with E-state index in [1.165, 1.54) is 5.48 Å². The number of hydrogen-bond acceptors (Lipinski definition) is 7. The summed E-state index contributed by atoms with van der Waals surface area (Å²) in [4.78, 5) is 29.1. The predicted octanol–water partition coefficient (Wildman–Crippen LogP) is 2.25. The van der Waals surface area contributed by atoms with Crippen LogP contribution >= 0.6 is 0 Å². The second kappa shape index (κ2) is 13.0. The Morgan fingerprint density at radius 1 is 1.06 bits per heavy atom. The van der Waals surface area contributed by atoms with Crippen molar-refractivity contribution in [1.29, 1.82) is 0 Å². The first-order valence-corrected chi connectivity index (χ1v) is 12.0. The van der Waals surface area contributed by atoms with Crippen LogP contribution in [0.5, 0.6) is 11.5 Å². The Balaban J connectivity index is 1.61. The van der Waals surface area contributed by atoms with Crippen molar-refractivity contribution in [3.63, 3.8) is 0 Å². The highest BCUT2D eigenvalue weighted by Gasteiger charge is 2.35. The number of ether oxygens (including phenoxy) is 2. The van der Waals surface area contributed by atoms with Gasteiger partial charge in [0.2, 0.25) is 5.91 Å². The molecule has 1 aliphatic rings. The maximum atomic E-state index is 13.3. The third-order valence-electron chi connectivity index (χ3n) is 6.31. The number of carbonyl (C=O) groups is 2. The summed E-state index contributed by atoms with van der Waals surface area (Å²) in [5.41, 5.74) is 3.52. The fraction of sp³-hybridized carbons (Fsp3) is 0.462. The highest BCUT2D eigenvalue weighted by atomic mass is 16.5. The molecule has 0 aromatic heterocycles. The van der Waals surface area contributed by atoms with Crippen LogP contribution in [0.2, 0.25) is 0 Å². The fourth-order valence-corrected chi connectivity index (χ4v) is 4.40. The predicted molar refractivity (Wildman–Crippen MR) is 132 cm³/mol. The first-order valence-electron chi connectivity index (χ1n) is 12.0. The van der Waals surface area contributed by atoms with Gasteiger partial charge in [0, 0.05) is 26.2 Å². The van der Waals surface area contributed by atoms with E-state index in [9.17, 15) is 14.7 Å². The van der Waals surface area contributed by atoms with Crippen molar-refractivity contribution < 1.29 is 29.4 Å². The highest BCUT2D eigenvalue weighted by Crippen LogP contribution is 2.29. The summed E-state index contributed by atoms with van der Waals surface area (Å²) < 4.78 is 10.9. The molecule has 0 spiro atoms. The summed E-state index contributed by atoms with van der Waals surface area (Å²) in [7, 11) is 1.63. The highest BCUT2D eigenvalue weighted by molar-refractivity contribution is 5.88. The normalized spacial score (nSPS) is 15.3. The summed E-state index contributed by atoms with van der Waals surface area (Å²) in [6.07, 6.45) is -0.0278. The van der Waals surface area contributed by atoms with Gasteiger partial charge in [-0.15, -0.1) is 0 Å². The molecule has 9 nitrogen and oxygen atoms in total. The van der Waals surface area contributed by atoms with Crippen LogP contribution in [0.15, 0.2) is 48.5 Å². The van der Waals surface area contributed by atoms with Crippen LogP contribution in [0.25, 0.3) is 0 Å². The van der Waals surface area contributed by atoms with Crippen molar-refractivity contribution in [1.82, 2.24) is 10.4 Å². The lowest BCUT2D eigenvalue weighted by atomic mass is 9.92. The van der Waals surface area contributed by atoms with Gasteiger partial charge in [-0.05, 0) is 56.0 Å². The molecule has 3 N–H and O–H groups in total. The molecule has 0 unspecified atom stereocenters. The van der Waals surface area contributed by atoms with E-state index in [0.29, 0.717) is 52.0 Å². The van der Waals surface area contributed by atoms with Crippen molar-refractivity contribution in [2.24, 2.45) is 5.92 Å². The van der Waals surface area contributed by atoms with Gasteiger partial charge in [-0.3, -0.25) is 14.8 Å². The van der Waals surface area contributed by atoms with E-state index < -0.39 is 17.9 Å². The third kappa shape index (κ3) is 6.86. The number of aliphatic hydroxyl groups is 1. The van der Waals surface area contributed by atoms with Gasteiger partial charge in [-0.1, -0.05) is 24.3 Å². The minimum absolute atomic E-state index is 0.285. The molecule has 1 heterocycles. The summed E-state index contributed by atoms with van der Waals surface area (Å²) in [5.74, 6) is -0.631. The van der Waals surface area contributed by atoms with Crippen molar-refractivity contribution in [3.05, 3.63) is 54.1 Å². The molecule has 1 fully saturated rings. The number of para-hydroxylation sites is 2. The van der Waals surface area contributed by atoms with Crippen LogP contribution in [-0.2, 0) is 16.0 Å². The van der Waals surface area contributed by atoms with E-state index in [2.05, 4.69) is 4.90 Å². The number of hydroxylamine groups is 1. The summed E-state index contributed by atoms with van der Waals surface area (Å²) >= 11 is 0. The molecule has 0 saturated carbocycles. The van der Waals surface area contributed by atoms with Crippen LogP contribution in [0.1, 0.15) is 25.3 Å². The number of methoxy groups -OCH3 is 1. The number of amides is 2. The number of rotatable bonds is 11. The Bertz CT molecular complexity index is 960. The van der Waals surface area contributed by atoms with Crippen molar-refractivity contribution in [2.45, 2.75) is 32.3 Å². The Morgan fingerprint density at radius 3 is 2.37 bits per heavy atom. The van der Waals surface area contributed by atoms with Gasteiger partial charge >= 0.3 is 0 Å². The number of carbonyl (C=O) groups excluding carboxylic acids is 2. The zero-order valence-electron chi connectivity index (χ0n) is 20.4. The SMILES string of the molecule is CCOc1ccc(CCC[C@@H](C(=O)N2CCN(c3ccccc3OC)CC2)[C@H](O)C(=O)NO)cc1. The number of nitrogens with one attached hydrogen (secondary N) is 1. The van der Waals surface area contributed by atoms with E-state index in [1.54, 1.807) is 12.0 Å². The van der Waals surface area contributed by atoms with Gasteiger partial charge in [0.15, 0.2) is 0 Å². The van der Waals surface area contributed by atoms with Crippen LogP contribution in [-0.4, -0.2) is 73.0 Å². The first kappa shape index (κ1) is 26.3. The largest absolute Gasteiger partial charge is 0.495 e. The number of benzene rings is 2. The third-order valence-corrected chi connectivity index (χ3v) is 6.31. The zero-order chi connectivity index (χ0) is 25.2. The first-order chi connectivity index (χ1) is 17.0. The van der Waals surface area contributed by atoms with Crippen molar-refractivity contribution >= 4 is 17.5 Å². The minimum atomic E-state index is -1.62. The van der Waals surface area contributed by atoms with Crippen LogP contribution in [0.3, 0.4) is 0 Å². The summed E-state index contributed by atoms with van der Waals surface area (Å²) in [6.45, 7) is 4.65. The molecule has 190 valence electrons. The van der Waals surface area contributed by atoms with Gasteiger partial charge in [-0.2, -0.15) is 0 Å². The molecule has 3 rings (SSSR count). The Hall–Kier alpha value is -3.30. The minimum Gasteiger partial charge on any atom is -0.495 e. The maximum absolute atomic E-state index is 13.3. The quantitative estimate of drug-likeness (QED) is 0.331. The van der Waals surface area contributed by atoms with Gasteiger partial charge < -0.3 is 24.4 Å². The number of anilines is 1. The van der Waals surface area contributed by atoms with Crippen LogP contribution in [0, 0.1) is 5.92 Å². The number of aliphatic hydroxyl groups excluding tert-OH is 1. The molecule has 1 saturated heterocycles. The molecule has 9 heteroatoms. The Kier molecular flexibility index (Phi) is 9.75. The summed E-state index contributed by atoms with van der Waals surface area (Å²) in [6, 6.07) is 15.5. The molecule has 1 aliphatic heterocycles. The molecular formula is C26H35N3O6. The van der Waals surface area contributed by atoms with E-state index in [4.69, 9.17) is 14.7 Å². The van der Waals surface area contributed by atoms with Crippen molar-refractivity contribution in [3.8, 4) is 11.5 Å². The van der Waals surface area contributed by atoms with Gasteiger partial charge in [-0.25, -0.2) is 5.48 Å². The Labute approximate surface area is 206 Å². The number of aryl methyl sites for hydroxylation is 1. The van der Waals surface area contributed by atoms with Gasteiger partial charge in [0.1, 0.15) is 17.6 Å². The topological polar surface area (TPSA) is 112 Å². The summed E-state index contributed by atoms with van der Waals surface area (Å²) in [5, 5.41) is 19.5. The molecule has 0 aliphatic carbocycles. The Morgan fingerprint density at radius 2 is 1.74 bits per heavy atom. The standard InChI is InChI=1S/C26H35N3O6/c1-3-35-20-13-11-19(12-14-20)7-6-8-21(24(30)25(31)27-33)26(32)29-17-15-28(16-18-29)22-9-4-5-10-23(22)34-2/h4-5,9-14,21,24,30,33H,3,6-8,15-18H2,1-2H3,(H,27,31)/t21-,24+/m1/s1. The molecule has 2 aromatic carbocycles. The molecule has 0 radical (unpaired) electrons. The zero-order valence-corrected chi connectivity index (χ0v) is 20.4. The molecule has 2 aromatic rings. The van der Waals surface area contributed by atoms with Crippen LogP contribution in [0.4, 0.5) is 5.69 Å². The van der Waals surface area contributed by atoms with E-state index in [-0.39, 0.29) is 5.91 Å². The number of nitrogens with zero attached hydrogens (tertiary/aromatic N) is 2. The fourth-order valence-electron chi connectivity index (χ4n) is 4.40. The molecule has 0 bridgehead atoms. The van der Waals surface area contributed by atoms with Crippen molar-refractivity contribution in [2.75, 3.05) is 44.8 Å². The molecule has 2 amide bonds. The lowest BCUT2D eigenvalue weighted by molar-refractivity contribution is -0.150. The van der Waals surface area contributed by atoms with Gasteiger partial charge in [0.05, 0.1) is 25.3 Å². The second-order valence-corrected chi connectivity index (χ2v) is 8.48. The monoisotopic (exact) mass is 485 g/mol. The van der Waals surface area contributed by atoms with E-state index in [1.807, 2.05) is 55.5 Å². The second-order valence-electron chi connectivity index (χ2n) is 8.48. The smallest absolute Gasteiger partial charge is 0.272 e. The van der Waals surface area contributed by atoms with Gasteiger partial charge in [0.25, 0.3) is 5.91 Å². The average Bonchev–Trinajstić information content (AvgIpc) is 2.91. The lowest BCUT2D eigenvalue weighted by Crippen LogP contribution is -2.53. The molecule has 2 atom stereocenters. The van der Waals surface area contributed by atoms with E-state index >= 15 is 0 Å². The molecular weight excluding hydrogens is 450 g/mol. The van der Waals surface area contributed by atoms with Crippen LogP contribution < -0.4 is 19.9 Å². The number of hydrogen-bond donors (Lipinski definition) is 3. The molecule has 35 heavy (non-hydrogen) atoms. The number of piperazine rings is 1. The maximum Gasteiger partial charge on any atom is 0.272 e. The lowest BCUT2D eigenvalue weighted by Gasteiger charge is -2.38.